The van der Waals surface area contributed by atoms with Gasteiger partial charge in [0.15, 0.2) is 5.78 Å². The molecule has 6 aromatic rings. The van der Waals surface area contributed by atoms with Crippen molar-refractivity contribution in [2.45, 2.75) is 85.7 Å². The molecule has 52 heavy (non-hydrogen) atoms. The van der Waals surface area contributed by atoms with Gasteiger partial charge in [-0.25, -0.2) is 4.98 Å². The third kappa shape index (κ3) is 8.56. The molecule has 0 bridgehead atoms. The molecule has 0 unspecified atom stereocenters. The van der Waals surface area contributed by atoms with Crippen molar-refractivity contribution in [1.29, 1.82) is 0 Å². The number of rotatable bonds is 8. The maximum atomic E-state index is 14.5. The number of benzene rings is 5. The molecule has 0 saturated carbocycles. The molecule has 1 N–H and O–H groups in total. The molecule has 1 aromatic heterocycles. The molecule has 0 fully saturated rings. The van der Waals surface area contributed by atoms with Gasteiger partial charge in [-0.3, -0.25) is 9.78 Å². The molecule has 0 atom stereocenters. The fourth-order valence-electron chi connectivity index (χ4n) is 6.87. The molecule has 0 spiro atoms. The molecule has 0 saturated heterocycles. The predicted molar refractivity (Wildman–Crippen MR) is 204 cm³/mol. The molecule has 4 nitrogen and oxygen atoms in total. The fourth-order valence-corrected chi connectivity index (χ4v) is 6.87. The molecule has 1 heterocycles. The van der Waals surface area contributed by atoms with Crippen molar-refractivity contribution in [1.82, 2.24) is 9.97 Å². The topological polar surface area (TPSA) is 63.1 Å². The van der Waals surface area contributed by atoms with E-state index < -0.39 is 11.7 Å². The first-order valence-electron chi connectivity index (χ1n) is 17.8. The number of carbonyl (C=O) groups excluding carboxylic acids is 1. The Balaban J connectivity index is 0.000000323. The zero-order chi connectivity index (χ0) is 37.1. The van der Waals surface area contributed by atoms with Crippen molar-refractivity contribution in [2.24, 2.45) is 11.8 Å². The minimum atomic E-state index is -4.59. The smallest absolute Gasteiger partial charge is 0.419 e. The van der Waals surface area contributed by atoms with Crippen LogP contribution in [0.2, 0.25) is 0 Å². The van der Waals surface area contributed by atoms with Crippen LogP contribution in [-0.4, -0.2) is 20.9 Å². The molecular weight excluding hydrogens is 838 g/mol. The van der Waals surface area contributed by atoms with Crippen molar-refractivity contribution in [3.8, 4) is 11.3 Å². The van der Waals surface area contributed by atoms with Crippen LogP contribution in [0.3, 0.4) is 0 Å². The van der Waals surface area contributed by atoms with Gasteiger partial charge in [0.05, 0.1) is 16.8 Å². The Morgan fingerprint density at radius 1 is 0.769 bits per heavy atom. The van der Waals surface area contributed by atoms with Gasteiger partial charge in [0, 0.05) is 43.7 Å². The van der Waals surface area contributed by atoms with Crippen LogP contribution >= 0.6 is 0 Å². The summed E-state index contributed by atoms with van der Waals surface area (Å²) in [5.41, 5.74) is 1.16. The number of aromatic nitrogens is 2. The van der Waals surface area contributed by atoms with E-state index in [2.05, 4.69) is 42.9 Å². The maximum absolute atomic E-state index is 14.5. The molecule has 275 valence electrons. The summed E-state index contributed by atoms with van der Waals surface area (Å²) in [5.74, 6) is 0.547. The van der Waals surface area contributed by atoms with Gasteiger partial charge in [0.1, 0.15) is 6.33 Å². The number of carbonyl (C=O) groups is 1. The molecule has 0 aliphatic carbocycles. The molecular formula is C44H46F3IrN2O2-. The molecule has 0 aliphatic heterocycles. The maximum Gasteiger partial charge on any atom is 0.419 e. The van der Waals surface area contributed by atoms with Crippen LogP contribution in [0.4, 0.5) is 13.2 Å². The number of hydrogen-bond donors (Lipinski definition) is 1. The van der Waals surface area contributed by atoms with E-state index in [1.807, 2.05) is 76.2 Å². The summed E-state index contributed by atoms with van der Waals surface area (Å²) in [5, 5.41) is 14.4. The number of aliphatic hydroxyl groups excluding tert-OH is 1. The van der Waals surface area contributed by atoms with E-state index in [9.17, 15) is 23.1 Å². The number of aliphatic hydroxyl groups is 1. The Morgan fingerprint density at radius 2 is 1.35 bits per heavy atom. The normalized spacial score (nSPS) is 12.4. The van der Waals surface area contributed by atoms with Gasteiger partial charge < -0.3 is 5.11 Å². The summed E-state index contributed by atoms with van der Waals surface area (Å²) in [7, 11) is 0. The first kappa shape index (κ1) is 40.6. The number of alkyl halides is 3. The largest absolute Gasteiger partial charge is 0.512 e. The van der Waals surface area contributed by atoms with Crippen molar-refractivity contribution in [3.05, 3.63) is 108 Å². The van der Waals surface area contributed by atoms with Crippen molar-refractivity contribution in [3.63, 3.8) is 0 Å². The number of allylic oxidation sites excluding steroid dienone is 2. The summed E-state index contributed by atoms with van der Waals surface area (Å²) < 4.78 is 43.6. The standard InChI is InChI=1S/C31H22F3N2.C13H24O2.Ir/c1-30(2,3)26-16-22(13-20-10-6-7-11-23(20)26)28-25-15-21-12-18-8-4-5-9-19(18)14-24(21)27(31(32,33)34)29(25)36-17-35-28;1-5-10(6-2)12(14)9-13(15)11(7-3)8-4;/h4-12,14-17H,1-3H3;9-11,14H,5-8H2,1-4H3;/q-1;;/b;12-9-;. The van der Waals surface area contributed by atoms with Gasteiger partial charge in [-0.15, -0.1) is 29.1 Å². The molecule has 0 amide bonds. The average Bonchev–Trinajstić information content (AvgIpc) is 3.09. The molecule has 8 heteroatoms. The van der Waals surface area contributed by atoms with Crippen molar-refractivity contribution >= 4 is 49.0 Å². The van der Waals surface area contributed by atoms with Gasteiger partial charge in [0.25, 0.3) is 0 Å². The monoisotopic (exact) mass is 884 g/mol. The SMILES string of the molecule is CC(C)(C)c1cc(-c2ncnc3c(C(F)(F)F)c4cc5ccccc5cc4cc23)[c-]c2ccccc12.CCC(CC)C(=O)/C=C(\O)C(CC)CC.[Ir]. The predicted octanol–water partition coefficient (Wildman–Crippen LogP) is 12.7. The summed E-state index contributed by atoms with van der Waals surface area (Å²) in [4.78, 5) is 20.4. The van der Waals surface area contributed by atoms with Crippen LogP contribution in [0.1, 0.15) is 85.3 Å². The van der Waals surface area contributed by atoms with Gasteiger partial charge in [0.2, 0.25) is 0 Å². The van der Waals surface area contributed by atoms with Crippen LogP contribution in [-0.2, 0) is 36.5 Å². The first-order chi connectivity index (χ1) is 24.2. The van der Waals surface area contributed by atoms with Crippen LogP contribution in [0.25, 0.3) is 54.5 Å². The number of hydrogen-bond acceptors (Lipinski definition) is 4. The van der Waals surface area contributed by atoms with E-state index in [1.54, 1.807) is 18.2 Å². The summed E-state index contributed by atoms with van der Waals surface area (Å²) in [6.07, 6.45) is 1.54. The molecule has 0 aliphatic rings. The Bertz CT molecular complexity index is 2230. The van der Waals surface area contributed by atoms with Gasteiger partial charge in [-0.05, 0) is 70.2 Å². The van der Waals surface area contributed by atoms with E-state index in [4.69, 9.17) is 0 Å². The number of ketones is 1. The number of halogens is 3. The minimum absolute atomic E-state index is 0. The second kappa shape index (κ2) is 16.7. The fraction of sp³-hybridized carbons (Fsp3) is 0.341. The summed E-state index contributed by atoms with van der Waals surface area (Å²) in [6.45, 7) is 14.4. The van der Waals surface area contributed by atoms with Crippen molar-refractivity contribution in [2.75, 3.05) is 0 Å². The van der Waals surface area contributed by atoms with E-state index in [-0.39, 0.29) is 59.8 Å². The quantitative estimate of drug-likeness (QED) is 0.0716. The average molecular weight is 884 g/mol. The third-order valence-electron chi connectivity index (χ3n) is 9.81. The molecule has 5 aromatic carbocycles. The zero-order valence-corrected chi connectivity index (χ0v) is 33.2. The van der Waals surface area contributed by atoms with Gasteiger partial charge in [-0.1, -0.05) is 108 Å². The van der Waals surface area contributed by atoms with E-state index in [0.717, 1.165) is 52.8 Å². The second-order valence-electron chi connectivity index (χ2n) is 14.2. The second-order valence-corrected chi connectivity index (χ2v) is 14.2. The van der Waals surface area contributed by atoms with E-state index >= 15 is 0 Å². The summed E-state index contributed by atoms with van der Waals surface area (Å²) in [6, 6.07) is 26.0. The van der Waals surface area contributed by atoms with Crippen LogP contribution in [0.5, 0.6) is 0 Å². The van der Waals surface area contributed by atoms with Gasteiger partial charge in [-0.2, -0.15) is 13.2 Å². The van der Waals surface area contributed by atoms with E-state index in [0.29, 0.717) is 22.0 Å². The Kier molecular flexibility index (Phi) is 13.0. The van der Waals surface area contributed by atoms with Crippen molar-refractivity contribution < 1.29 is 43.2 Å². The summed E-state index contributed by atoms with van der Waals surface area (Å²) >= 11 is 0. The van der Waals surface area contributed by atoms with Crippen LogP contribution in [0, 0.1) is 17.9 Å². The Labute approximate surface area is 317 Å². The first-order valence-corrected chi connectivity index (χ1v) is 17.8. The third-order valence-corrected chi connectivity index (χ3v) is 9.81. The number of fused-ring (bicyclic) bond motifs is 4. The van der Waals surface area contributed by atoms with Crippen LogP contribution in [0.15, 0.2) is 91.0 Å². The Hall–Kier alpha value is -4.13. The van der Waals surface area contributed by atoms with Crippen LogP contribution < -0.4 is 0 Å². The van der Waals surface area contributed by atoms with Gasteiger partial charge >= 0.3 is 6.18 Å². The molecule has 1 radical (unpaired) electrons. The minimum Gasteiger partial charge on any atom is -0.512 e. The zero-order valence-electron chi connectivity index (χ0n) is 30.8. The van der Waals surface area contributed by atoms with E-state index in [1.165, 1.54) is 12.4 Å². The Morgan fingerprint density at radius 3 is 1.94 bits per heavy atom. The molecule has 6 rings (SSSR count). The number of nitrogens with zero attached hydrogens (tertiary/aromatic N) is 2.